The predicted molar refractivity (Wildman–Crippen MR) is 82.6 cm³/mol. The van der Waals surface area contributed by atoms with Gasteiger partial charge in [-0.05, 0) is 36.6 Å². The van der Waals surface area contributed by atoms with Crippen molar-refractivity contribution in [2.45, 2.75) is 40.5 Å². The molecule has 0 aromatic heterocycles. The first-order valence-electron chi connectivity index (χ1n) is 7.09. The van der Waals surface area contributed by atoms with E-state index in [4.69, 9.17) is 0 Å². The molecule has 0 spiro atoms. The van der Waals surface area contributed by atoms with E-state index in [0.717, 1.165) is 17.8 Å². The van der Waals surface area contributed by atoms with Crippen LogP contribution < -0.4 is 10.6 Å². The quantitative estimate of drug-likeness (QED) is 0.833. The van der Waals surface area contributed by atoms with Crippen LogP contribution in [0.2, 0.25) is 0 Å². The summed E-state index contributed by atoms with van der Waals surface area (Å²) in [7, 11) is 0. The predicted octanol–water partition coefficient (Wildman–Crippen LogP) is 3.66. The normalized spacial score (nSPS) is 10.7. The van der Waals surface area contributed by atoms with Crippen molar-refractivity contribution in [1.82, 2.24) is 0 Å². The van der Waals surface area contributed by atoms with Gasteiger partial charge in [0.2, 0.25) is 11.8 Å². The van der Waals surface area contributed by atoms with E-state index in [2.05, 4.69) is 24.5 Å². The molecule has 0 saturated heterocycles. The molecule has 1 aromatic rings. The Labute approximate surface area is 121 Å². The van der Waals surface area contributed by atoms with Crippen LogP contribution >= 0.6 is 0 Å². The number of carbonyl (C=O) groups excluding carboxylic acids is 2. The average Bonchev–Trinajstić information content (AvgIpc) is 2.38. The van der Waals surface area contributed by atoms with Crippen LogP contribution in [0.25, 0.3) is 0 Å². The zero-order valence-corrected chi connectivity index (χ0v) is 12.7. The molecule has 4 nitrogen and oxygen atoms in total. The van der Waals surface area contributed by atoms with Crippen molar-refractivity contribution in [2.24, 2.45) is 11.8 Å². The van der Waals surface area contributed by atoms with E-state index in [9.17, 15) is 9.59 Å². The zero-order valence-electron chi connectivity index (χ0n) is 12.7. The van der Waals surface area contributed by atoms with Crippen LogP contribution in [0.4, 0.5) is 11.4 Å². The Hall–Kier alpha value is -1.84. The van der Waals surface area contributed by atoms with Crippen molar-refractivity contribution in [2.75, 3.05) is 10.6 Å². The third-order valence-corrected chi connectivity index (χ3v) is 2.91. The van der Waals surface area contributed by atoms with Crippen LogP contribution in [0.3, 0.4) is 0 Å². The van der Waals surface area contributed by atoms with E-state index in [1.54, 1.807) is 24.3 Å². The fourth-order valence-corrected chi connectivity index (χ4v) is 1.57. The molecule has 0 aliphatic rings. The third kappa shape index (κ3) is 5.87. The summed E-state index contributed by atoms with van der Waals surface area (Å²) < 4.78 is 0. The van der Waals surface area contributed by atoms with Crippen LogP contribution in [0.1, 0.15) is 40.5 Å². The molecule has 2 N–H and O–H groups in total. The molecule has 0 aliphatic heterocycles. The van der Waals surface area contributed by atoms with E-state index in [-0.39, 0.29) is 17.7 Å². The maximum atomic E-state index is 11.7. The monoisotopic (exact) mass is 276 g/mol. The van der Waals surface area contributed by atoms with Crippen molar-refractivity contribution in [3.05, 3.63) is 24.3 Å². The van der Waals surface area contributed by atoms with Gasteiger partial charge in [0.1, 0.15) is 0 Å². The molecule has 1 rings (SSSR count). The highest BCUT2D eigenvalue weighted by atomic mass is 16.2. The van der Waals surface area contributed by atoms with Gasteiger partial charge in [0.15, 0.2) is 0 Å². The van der Waals surface area contributed by atoms with Gasteiger partial charge in [-0.3, -0.25) is 9.59 Å². The van der Waals surface area contributed by atoms with Crippen molar-refractivity contribution in [3.63, 3.8) is 0 Å². The minimum atomic E-state index is -0.0505. The Kier molecular flexibility index (Phi) is 6.22. The molecule has 20 heavy (non-hydrogen) atoms. The summed E-state index contributed by atoms with van der Waals surface area (Å²) in [5.41, 5.74) is 1.49. The number of benzene rings is 1. The van der Waals surface area contributed by atoms with Crippen LogP contribution in [0.15, 0.2) is 24.3 Å². The lowest BCUT2D eigenvalue weighted by Gasteiger charge is -2.10. The van der Waals surface area contributed by atoms with Crippen molar-refractivity contribution in [1.29, 1.82) is 0 Å². The van der Waals surface area contributed by atoms with Gasteiger partial charge in [0, 0.05) is 23.7 Å². The number of amides is 2. The molecule has 0 atom stereocenters. The van der Waals surface area contributed by atoms with Gasteiger partial charge < -0.3 is 10.6 Å². The largest absolute Gasteiger partial charge is 0.326 e. The van der Waals surface area contributed by atoms with Crippen molar-refractivity contribution >= 4 is 23.2 Å². The van der Waals surface area contributed by atoms with Gasteiger partial charge in [0.25, 0.3) is 0 Å². The van der Waals surface area contributed by atoms with Crippen LogP contribution in [0.5, 0.6) is 0 Å². The number of nitrogens with one attached hydrogen (secondary N) is 2. The lowest BCUT2D eigenvalue weighted by Crippen LogP contribution is -2.17. The SMILES string of the molecule is CC(C)CCC(=O)Nc1ccc(NC(=O)C(C)C)cc1. The van der Waals surface area contributed by atoms with Gasteiger partial charge in [-0.15, -0.1) is 0 Å². The second-order valence-corrected chi connectivity index (χ2v) is 5.70. The highest BCUT2D eigenvalue weighted by Gasteiger charge is 2.07. The minimum Gasteiger partial charge on any atom is -0.326 e. The molecule has 4 heteroatoms. The summed E-state index contributed by atoms with van der Waals surface area (Å²) in [5.74, 6) is 0.483. The smallest absolute Gasteiger partial charge is 0.226 e. The first-order valence-corrected chi connectivity index (χ1v) is 7.09. The lowest BCUT2D eigenvalue weighted by molar-refractivity contribution is -0.119. The Morgan fingerprint density at radius 3 is 1.90 bits per heavy atom. The summed E-state index contributed by atoms with van der Waals surface area (Å²) in [6.45, 7) is 7.89. The van der Waals surface area contributed by atoms with Gasteiger partial charge in [-0.1, -0.05) is 27.7 Å². The van der Waals surface area contributed by atoms with Crippen LogP contribution in [-0.4, -0.2) is 11.8 Å². The van der Waals surface area contributed by atoms with Crippen LogP contribution in [-0.2, 0) is 9.59 Å². The molecule has 0 radical (unpaired) electrons. The number of hydrogen-bond acceptors (Lipinski definition) is 2. The Morgan fingerprint density at radius 2 is 1.45 bits per heavy atom. The van der Waals surface area contributed by atoms with E-state index >= 15 is 0 Å². The van der Waals surface area contributed by atoms with Crippen LogP contribution in [0, 0.1) is 11.8 Å². The van der Waals surface area contributed by atoms with Crippen molar-refractivity contribution < 1.29 is 9.59 Å². The highest BCUT2D eigenvalue weighted by molar-refractivity contribution is 5.93. The summed E-state index contributed by atoms with van der Waals surface area (Å²) >= 11 is 0. The fraction of sp³-hybridized carbons (Fsp3) is 0.500. The van der Waals surface area contributed by atoms with Gasteiger partial charge in [-0.25, -0.2) is 0 Å². The molecule has 1 aromatic carbocycles. The van der Waals surface area contributed by atoms with Gasteiger partial charge >= 0.3 is 0 Å². The minimum absolute atomic E-state index is 0.0151. The maximum Gasteiger partial charge on any atom is 0.226 e. The molecule has 0 fully saturated rings. The Bertz CT molecular complexity index is 450. The fourth-order valence-electron chi connectivity index (χ4n) is 1.57. The Balaban J connectivity index is 2.50. The summed E-state index contributed by atoms with van der Waals surface area (Å²) in [6, 6.07) is 7.17. The second kappa shape index (κ2) is 7.68. The number of rotatable bonds is 6. The number of carbonyl (C=O) groups is 2. The maximum absolute atomic E-state index is 11.7. The highest BCUT2D eigenvalue weighted by Crippen LogP contribution is 2.15. The van der Waals surface area contributed by atoms with Gasteiger partial charge in [-0.2, -0.15) is 0 Å². The van der Waals surface area contributed by atoms with E-state index in [1.807, 2.05) is 13.8 Å². The standard InChI is InChI=1S/C16H24N2O2/c1-11(2)5-10-15(19)17-13-6-8-14(9-7-13)18-16(20)12(3)4/h6-9,11-12H,5,10H2,1-4H3,(H,17,19)(H,18,20). The molecule has 0 saturated carbocycles. The molecule has 0 heterocycles. The third-order valence-electron chi connectivity index (χ3n) is 2.91. The molecule has 2 amide bonds. The molecular weight excluding hydrogens is 252 g/mol. The van der Waals surface area contributed by atoms with E-state index in [0.29, 0.717) is 12.3 Å². The first kappa shape index (κ1) is 16.2. The summed E-state index contributed by atoms with van der Waals surface area (Å²) in [5, 5.41) is 5.66. The molecule has 110 valence electrons. The molecule has 0 bridgehead atoms. The second-order valence-electron chi connectivity index (χ2n) is 5.70. The molecular formula is C16H24N2O2. The summed E-state index contributed by atoms with van der Waals surface area (Å²) in [4.78, 5) is 23.2. The van der Waals surface area contributed by atoms with Crippen molar-refractivity contribution in [3.8, 4) is 0 Å². The topological polar surface area (TPSA) is 58.2 Å². The molecule has 0 aliphatic carbocycles. The molecule has 0 unspecified atom stereocenters. The van der Waals surface area contributed by atoms with E-state index < -0.39 is 0 Å². The lowest BCUT2D eigenvalue weighted by atomic mass is 10.1. The average molecular weight is 276 g/mol. The zero-order chi connectivity index (χ0) is 15.1. The summed E-state index contributed by atoms with van der Waals surface area (Å²) in [6.07, 6.45) is 1.41. The van der Waals surface area contributed by atoms with E-state index in [1.165, 1.54) is 0 Å². The van der Waals surface area contributed by atoms with Gasteiger partial charge in [0.05, 0.1) is 0 Å². The Morgan fingerprint density at radius 1 is 0.950 bits per heavy atom. The number of hydrogen-bond donors (Lipinski definition) is 2. The first-order chi connectivity index (χ1) is 9.38. The number of anilines is 2.